The summed E-state index contributed by atoms with van der Waals surface area (Å²) < 4.78 is 0. The molecule has 1 aliphatic carbocycles. The number of nitrogens with one attached hydrogen (secondary N) is 2. The minimum absolute atomic E-state index is 0.110. The van der Waals surface area contributed by atoms with Gasteiger partial charge in [0.1, 0.15) is 0 Å². The number of benzene rings is 2. The van der Waals surface area contributed by atoms with E-state index in [0.717, 1.165) is 24.9 Å². The molecule has 3 aliphatic rings. The van der Waals surface area contributed by atoms with E-state index in [9.17, 15) is 19.2 Å². The van der Waals surface area contributed by atoms with Crippen LogP contribution in [0, 0.1) is 5.92 Å². The van der Waals surface area contributed by atoms with E-state index >= 15 is 0 Å². The van der Waals surface area contributed by atoms with Crippen LogP contribution in [0.25, 0.3) is 0 Å². The topological polar surface area (TPSA) is 116 Å². The maximum Gasteiger partial charge on any atom is 0.394 e. The van der Waals surface area contributed by atoms with Gasteiger partial charge in [0, 0.05) is 30.7 Å². The highest BCUT2D eigenvalue weighted by Gasteiger charge is 2.36. The summed E-state index contributed by atoms with van der Waals surface area (Å²) in [6, 6.07) is 16.3. The second-order valence-electron chi connectivity index (χ2n) is 9.51. The quantitative estimate of drug-likeness (QED) is 0.506. The molecule has 2 aromatic rings. The first-order chi connectivity index (χ1) is 16.9. The molecule has 2 bridgehead atoms. The lowest BCUT2D eigenvalue weighted by Gasteiger charge is -2.45. The first kappa shape index (κ1) is 24.4. The largest absolute Gasteiger partial charge is 0.474 e. The molecule has 35 heavy (non-hydrogen) atoms. The van der Waals surface area contributed by atoms with E-state index in [1.54, 1.807) is 24.3 Å². The fourth-order valence-electron chi connectivity index (χ4n) is 5.13. The van der Waals surface area contributed by atoms with Crippen molar-refractivity contribution >= 4 is 29.4 Å². The van der Waals surface area contributed by atoms with Gasteiger partial charge in [-0.1, -0.05) is 42.5 Å². The molecule has 0 radical (unpaired) electrons. The van der Waals surface area contributed by atoms with Crippen LogP contribution in [0.2, 0.25) is 0 Å². The van der Waals surface area contributed by atoms with Crippen LogP contribution in [0.5, 0.6) is 0 Å². The van der Waals surface area contributed by atoms with Gasteiger partial charge in [0.15, 0.2) is 0 Å². The first-order valence-electron chi connectivity index (χ1n) is 12.1. The van der Waals surface area contributed by atoms with E-state index in [0.29, 0.717) is 29.6 Å². The number of fused-ring (bicyclic) bond motifs is 3. The Balaban J connectivity index is 1.37. The van der Waals surface area contributed by atoms with Gasteiger partial charge in [-0.15, -0.1) is 0 Å². The molecule has 1 atom stereocenters. The second-order valence-corrected chi connectivity index (χ2v) is 9.51. The van der Waals surface area contributed by atoms with Crippen LogP contribution in [0.15, 0.2) is 54.6 Å². The van der Waals surface area contributed by atoms with E-state index in [4.69, 9.17) is 5.11 Å². The Morgan fingerprint density at radius 2 is 1.60 bits per heavy atom. The van der Waals surface area contributed by atoms with Gasteiger partial charge >= 0.3 is 11.9 Å². The highest BCUT2D eigenvalue weighted by Crippen LogP contribution is 2.35. The van der Waals surface area contributed by atoms with Gasteiger partial charge in [-0.3, -0.25) is 14.4 Å². The highest BCUT2D eigenvalue weighted by atomic mass is 16.4. The monoisotopic (exact) mass is 477 g/mol. The maximum absolute atomic E-state index is 13.2. The van der Waals surface area contributed by atoms with Gasteiger partial charge in [-0.2, -0.15) is 0 Å². The molecule has 2 aromatic carbocycles. The molecule has 2 heterocycles. The molecular formula is C27H31N3O5. The predicted molar refractivity (Wildman–Crippen MR) is 131 cm³/mol. The van der Waals surface area contributed by atoms with Gasteiger partial charge in [-0.05, 0) is 61.3 Å². The van der Waals surface area contributed by atoms with Crippen molar-refractivity contribution < 1.29 is 24.3 Å². The van der Waals surface area contributed by atoms with Crippen molar-refractivity contribution in [3.05, 3.63) is 65.7 Å². The van der Waals surface area contributed by atoms with Crippen LogP contribution in [0.4, 0.5) is 5.69 Å². The van der Waals surface area contributed by atoms with Crippen LogP contribution in [-0.2, 0) is 32.0 Å². The second kappa shape index (κ2) is 11.2. The minimum Gasteiger partial charge on any atom is -0.474 e. The summed E-state index contributed by atoms with van der Waals surface area (Å²) >= 11 is 0. The SMILES string of the molecule is O=C(Cc1ccc(NC(=O)C(=O)O)cc1)N[C@@H](CC(=O)N1CC2CCC1CC2)Cc1ccccc1. The van der Waals surface area contributed by atoms with Gasteiger partial charge in [0.25, 0.3) is 0 Å². The molecule has 8 nitrogen and oxygen atoms in total. The highest BCUT2D eigenvalue weighted by molar-refractivity contribution is 6.36. The van der Waals surface area contributed by atoms with E-state index < -0.39 is 11.9 Å². The number of hydrogen-bond donors (Lipinski definition) is 3. The Kier molecular flexibility index (Phi) is 7.80. The van der Waals surface area contributed by atoms with E-state index in [-0.39, 0.29) is 30.7 Å². The third-order valence-corrected chi connectivity index (χ3v) is 6.91. The number of hydrogen-bond acceptors (Lipinski definition) is 4. The number of carboxylic acid groups (broad SMARTS) is 1. The van der Waals surface area contributed by atoms with Crippen molar-refractivity contribution in [2.45, 2.75) is 57.0 Å². The molecule has 1 saturated carbocycles. The van der Waals surface area contributed by atoms with Gasteiger partial charge < -0.3 is 20.6 Å². The first-order valence-corrected chi connectivity index (χ1v) is 12.1. The predicted octanol–water partition coefficient (Wildman–Crippen LogP) is 2.77. The summed E-state index contributed by atoms with van der Waals surface area (Å²) in [7, 11) is 0. The van der Waals surface area contributed by atoms with E-state index in [2.05, 4.69) is 10.6 Å². The Morgan fingerprint density at radius 3 is 2.20 bits per heavy atom. The zero-order chi connectivity index (χ0) is 24.8. The van der Waals surface area contributed by atoms with Crippen molar-refractivity contribution in [3.8, 4) is 0 Å². The summed E-state index contributed by atoms with van der Waals surface area (Å²) in [5.41, 5.74) is 2.11. The van der Waals surface area contributed by atoms with E-state index in [1.807, 2.05) is 35.2 Å². The van der Waals surface area contributed by atoms with Crippen LogP contribution in [0.1, 0.15) is 43.2 Å². The summed E-state index contributed by atoms with van der Waals surface area (Å²) in [5, 5.41) is 14.0. The normalized spacial score (nSPS) is 19.6. The zero-order valence-corrected chi connectivity index (χ0v) is 19.6. The van der Waals surface area contributed by atoms with Crippen LogP contribution in [-0.4, -0.2) is 52.3 Å². The Labute approximate surface area is 204 Å². The number of carbonyl (C=O) groups excluding carboxylic acids is 3. The third-order valence-electron chi connectivity index (χ3n) is 6.91. The number of rotatable bonds is 8. The lowest BCUT2D eigenvalue weighted by Crippen LogP contribution is -2.52. The number of amides is 3. The Hall–Kier alpha value is -3.68. The van der Waals surface area contributed by atoms with Crippen molar-refractivity contribution in [2.24, 2.45) is 5.92 Å². The van der Waals surface area contributed by atoms with Crippen LogP contribution >= 0.6 is 0 Å². The number of nitrogens with zero attached hydrogens (tertiary/aromatic N) is 1. The average Bonchev–Trinajstić information content (AvgIpc) is 2.86. The smallest absolute Gasteiger partial charge is 0.394 e. The van der Waals surface area contributed by atoms with Crippen LogP contribution < -0.4 is 10.6 Å². The number of piperidine rings is 2. The summed E-state index contributed by atoms with van der Waals surface area (Å²) in [6.07, 6.45) is 5.52. The van der Waals surface area contributed by atoms with Crippen LogP contribution in [0.3, 0.4) is 0 Å². The number of aliphatic carboxylic acids is 1. The molecule has 8 heteroatoms. The third kappa shape index (κ3) is 6.68. The Morgan fingerprint density at radius 1 is 0.914 bits per heavy atom. The summed E-state index contributed by atoms with van der Waals surface area (Å²) in [5.74, 6) is -2.16. The molecule has 2 saturated heterocycles. The lowest BCUT2D eigenvalue weighted by molar-refractivity contribution is -0.147. The lowest BCUT2D eigenvalue weighted by atomic mass is 9.79. The van der Waals surface area contributed by atoms with Gasteiger partial charge in [0.05, 0.1) is 6.42 Å². The molecule has 0 unspecified atom stereocenters. The van der Waals surface area contributed by atoms with E-state index in [1.165, 1.54) is 12.8 Å². The van der Waals surface area contributed by atoms with Crippen molar-refractivity contribution in [3.63, 3.8) is 0 Å². The average molecular weight is 478 g/mol. The molecule has 184 valence electrons. The molecule has 3 amide bonds. The summed E-state index contributed by atoms with van der Waals surface area (Å²) in [6.45, 7) is 0.834. The molecule has 2 aliphatic heterocycles. The van der Waals surface area contributed by atoms with Crippen molar-refractivity contribution in [1.82, 2.24) is 10.2 Å². The Bertz CT molecular complexity index is 1060. The number of carboxylic acids is 1. The van der Waals surface area contributed by atoms with Gasteiger partial charge in [0.2, 0.25) is 11.8 Å². The summed E-state index contributed by atoms with van der Waals surface area (Å²) in [4.78, 5) is 50.1. The molecule has 0 aromatic heterocycles. The van der Waals surface area contributed by atoms with Crippen molar-refractivity contribution in [1.29, 1.82) is 0 Å². The molecule has 5 rings (SSSR count). The fraction of sp³-hybridized carbons (Fsp3) is 0.407. The fourth-order valence-corrected chi connectivity index (χ4v) is 5.13. The minimum atomic E-state index is -1.56. The number of carbonyl (C=O) groups is 4. The zero-order valence-electron chi connectivity index (χ0n) is 19.6. The molecular weight excluding hydrogens is 446 g/mol. The molecule has 3 N–H and O–H groups in total. The van der Waals surface area contributed by atoms with Gasteiger partial charge in [-0.25, -0.2) is 4.79 Å². The maximum atomic E-state index is 13.2. The number of anilines is 1. The molecule has 0 spiro atoms. The standard InChI is InChI=1S/C27H31N3O5/c31-24(15-19-6-10-21(11-7-19)29-26(33)27(34)35)28-22(14-18-4-2-1-3-5-18)16-25(32)30-17-20-8-12-23(30)13-9-20/h1-7,10-11,20,22-23H,8-9,12-17H2,(H,28,31)(H,29,33)(H,34,35)/t20?,22-,23?/m1/s1. The van der Waals surface area contributed by atoms with Crippen molar-refractivity contribution in [2.75, 3.05) is 11.9 Å². The molecule has 3 fully saturated rings.